The zero-order valence-corrected chi connectivity index (χ0v) is 23.4. The van der Waals surface area contributed by atoms with Crippen molar-refractivity contribution in [3.63, 3.8) is 0 Å². The summed E-state index contributed by atoms with van der Waals surface area (Å²) in [6.45, 7) is 12.5. The van der Waals surface area contributed by atoms with Gasteiger partial charge in [0.25, 0.3) is 0 Å². The quantitative estimate of drug-likeness (QED) is 0.494. The molecule has 2 saturated heterocycles. The Hall–Kier alpha value is -3.69. The molecule has 10 heteroatoms. The van der Waals surface area contributed by atoms with Crippen molar-refractivity contribution in [1.29, 1.82) is 0 Å². The van der Waals surface area contributed by atoms with Crippen LogP contribution < -0.4 is 10.2 Å². The van der Waals surface area contributed by atoms with Crippen LogP contribution in [0.3, 0.4) is 0 Å². The van der Waals surface area contributed by atoms with Crippen molar-refractivity contribution in [3.8, 4) is 0 Å². The lowest BCUT2D eigenvalue weighted by Gasteiger charge is -2.38. The third-order valence-electron chi connectivity index (χ3n) is 7.97. The molecule has 0 spiro atoms. The predicted octanol–water partition coefficient (Wildman–Crippen LogP) is 4.61. The van der Waals surface area contributed by atoms with Gasteiger partial charge in [-0.1, -0.05) is 13.8 Å². The number of carbonyl (C=O) groups excluding carboxylic acids is 2. The first-order valence-electron chi connectivity index (χ1n) is 13.5. The van der Waals surface area contributed by atoms with Crippen LogP contribution in [0.1, 0.15) is 59.4 Å². The lowest BCUT2D eigenvalue weighted by Crippen LogP contribution is -2.56. The molecule has 4 heterocycles. The van der Waals surface area contributed by atoms with Gasteiger partial charge in [0.15, 0.2) is 0 Å². The van der Waals surface area contributed by atoms with Gasteiger partial charge in [-0.3, -0.25) is 4.79 Å². The van der Waals surface area contributed by atoms with E-state index < -0.39 is 23.3 Å². The van der Waals surface area contributed by atoms with Crippen LogP contribution in [0.25, 0.3) is 10.9 Å². The Kier molecular flexibility index (Phi) is 6.76. The Balaban J connectivity index is 1.53. The number of carbonyl (C=O) groups is 2. The highest BCUT2D eigenvalue weighted by Crippen LogP contribution is 2.50. The molecule has 39 heavy (non-hydrogen) atoms. The second-order valence-corrected chi connectivity index (χ2v) is 12.2. The summed E-state index contributed by atoms with van der Waals surface area (Å²) in [7, 11) is 0. The highest BCUT2D eigenvalue weighted by molar-refractivity contribution is 5.88. The molecule has 2 aromatic heterocycles. The Morgan fingerprint density at radius 2 is 1.95 bits per heavy atom. The summed E-state index contributed by atoms with van der Waals surface area (Å²) in [5, 5.41) is 3.75. The molecule has 2 amide bonds. The number of aromatic amines is 1. The van der Waals surface area contributed by atoms with Gasteiger partial charge >= 0.3 is 6.09 Å². The minimum atomic E-state index is -0.748. The first-order valence-corrected chi connectivity index (χ1v) is 13.5. The molecular weight excluding hydrogens is 499 g/mol. The van der Waals surface area contributed by atoms with Gasteiger partial charge in [-0.25, -0.2) is 19.2 Å². The first kappa shape index (κ1) is 26.9. The van der Waals surface area contributed by atoms with Crippen LogP contribution in [-0.2, 0) is 9.53 Å². The average Bonchev–Trinajstić information content (AvgIpc) is 3.51. The summed E-state index contributed by atoms with van der Waals surface area (Å²) in [6.07, 6.45) is 5.47. The van der Waals surface area contributed by atoms with Crippen molar-refractivity contribution >= 4 is 28.9 Å². The molecule has 5 rings (SSSR count). The highest BCUT2D eigenvalue weighted by atomic mass is 19.1. The van der Waals surface area contributed by atoms with Crippen molar-refractivity contribution in [2.75, 3.05) is 18.0 Å². The van der Waals surface area contributed by atoms with E-state index in [2.05, 4.69) is 32.1 Å². The number of benzene rings is 1. The maximum Gasteiger partial charge on any atom is 0.408 e. The predicted molar refractivity (Wildman–Crippen MR) is 147 cm³/mol. The van der Waals surface area contributed by atoms with E-state index in [1.807, 2.05) is 24.9 Å². The highest BCUT2D eigenvalue weighted by Gasteiger charge is 2.60. The van der Waals surface area contributed by atoms with Crippen molar-refractivity contribution < 1.29 is 18.7 Å². The average molecular weight is 537 g/mol. The van der Waals surface area contributed by atoms with Crippen LogP contribution in [0.15, 0.2) is 42.9 Å². The Morgan fingerprint density at radius 1 is 1.23 bits per heavy atom. The number of anilines is 1. The second kappa shape index (κ2) is 9.81. The molecule has 3 aromatic rings. The number of alkyl carbamates (subject to hydrolysis) is 1. The molecule has 4 atom stereocenters. The molecule has 0 aliphatic carbocycles. The summed E-state index contributed by atoms with van der Waals surface area (Å²) < 4.78 is 19.4. The number of hydrogen-bond donors (Lipinski definition) is 2. The van der Waals surface area contributed by atoms with Crippen LogP contribution in [0, 0.1) is 11.7 Å². The maximum atomic E-state index is 14.2. The second-order valence-electron chi connectivity index (χ2n) is 12.2. The standard InChI is InChI=1S/C29H37FN6O3/c1-17(2)23(34-27(38)39-28(3,4)5)25(37)35-13-10-29(6)24(35)21(16-36(29)26-31-11-7-12-32-26)20-15-33-22-14-18(30)8-9-19(20)22/h7-9,11-12,14-15,17,21,23-24,33H,10,13,16H2,1-6H3,(H,34,38)/t21-,23+,24-,29-/m1/s1. The van der Waals surface area contributed by atoms with Crippen LogP contribution in [0.5, 0.6) is 0 Å². The number of ether oxygens (including phenoxy) is 1. The fourth-order valence-electron chi connectivity index (χ4n) is 6.23. The van der Waals surface area contributed by atoms with Crippen LogP contribution in [-0.4, -0.2) is 68.2 Å². The van der Waals surface area contributed by atoms with Crippen LogP contribution in [0.4, 0.5) is 15.1 Å². The Morgan fingerprint density at radius 3 is 2.62 bits per heavy atom. The van der Waals surface area contributed by atoms with E-state index in [0.29, 0.717) is 31.0 Å². The van der Waals surface area contributed by atoms with Crippen molar-refractivity contribution in [3.05, 3.63) is 54.2 Å². The van der Waals surface area contributed by atoms with Crippen LogP contribution >= 0.6 is 0 Å². The number of aromatic nitrogens is 3. The molecule has 0 unspecified atom stereocenters. The number of halogens is 1. The van der Waals surface area contributed by atoms with Gasteiger partial charge in [-0.2, -0.15) is 0 Å². The summed E-state index contributed by atoms with van der Waals surface area (Å²) in [4.78, 5) is 43.3. The van der Waals surface area contributed by atoms with E-state index in [1.54, 1.807) is 45.3 Å². The minimum absolute atomic E-state index is 0.0983. The summed E-state index contributed by atoms with van der Waals surface area (Å²) in [6, 6.07) is 5.55. The van der Waals surface area contributed by atoms with Crippen molar-refractivity contribution in [2.45, 2.75) is 77.1 Å². The SMILES string of the molecule is CC(C)[C@H](NC(=O)OC(C)(C)C)C(=O)N1CC[C@]2(C)[C@H]1[C@@H](c1c[nH]c3cc(F)ccc13)CN2c1ncccn1. The number of nitrogens with zero attached hydrogens (tertiary/aromatic N) is 4. The molecule has 9 nitrogen and oxygen atoms in total. The normalized spacial score (nSPS) is 23.8. The fourth-order valence-corrected chi connectivity index (χ4v) is 6.23. The number of hydrogen-bond acceptors (Lipinski definition) is 6. The van der Waals surface area contributed by atoms with Gasteiger partial charge in [0.2, 0.25) is 11.9 Å². The van der Waals surface area contributed by atoms with Gasteiger partial charge in [0, 0.05) is 48.5 Å². The molecule has 208 valence electrons. The summed E-state index contributed by atoms with van der Waals surface area (Å²) in [5.74, 6) is -0.0893. The van der Waals surface area contributed by atoms with Crippen molar-refractivity contribution in [2.24, 2.45) is 5.92 Å². The molecule has 0 radical (unpaired) electrons. The summed E-state index contributed by atoms with van der Waals surface area (Å²) >= 11 is 0. The monoisotopic (exact) mass is 536 g/mol. The van der Waals surface area contributed by atoms with E-state index in [4.69, 9.17) is 4.74 Å². The number of fused-ring (bicyclic) bond motifs is 2. The smallest absolute Gasteiger partial charge is 0.408 e. The molecule has 1 aromatic carbocycles. The maximum absolute atomic E-state index is 14.2. The van der Waals surface area contributed by atoms with E-state index in [1.165, 1.54) is 12.1 Å². The Labute approximate surface area is 228 Å². The first-order chi connectivity index (χ1) is 18.4. The molecular formula is C29H37FN6O3. The van der Waals surface area contributed by atoms with E-state index in [0.717, 1.165) is 10.9 Å². The number of amides is 2. The molecule has 0 bridgehead atoms. The van der Waals surface area contributed by atoms with Gasteiger partial charge in [0.1, 0.15) is 17.5 Å². The minimum Gasteiger partial charge on any atom is -0.444 e. The van der Waals surface area contributed by atoms with Crippen LogP contribution in [0.2, 0.25) is 0 Å². The van der Waals surface area contributed by atoms with Crippen molar-refractivity contribution in [1.82, 2.24) is 25.2 Å². The van der Waals surface area contributed by atoms with E-state index in [9.17, 15) is 14.0 Å². The molecule has 2 fully saturated rings. The zero-order chi connectivity index (χ0) is 28.1. The fraction of sp³-hybridized carbons (Fsp3) is 0.517. The molecule has 2 aliphatic heterocycles. The lowest BCUT2D eigenvalue weighted by molar-refractivity contribution is -0.136. The zero-order valence-electron chi connectivity index (χ0n) is 23.4. The van der Waals surface area contributed by atoms with Gasteiger partial charge in [0.05, 0.1) is 11.6 Å². The topological polar surface area (TPSA) is 103 Å². The lowest BCUT2D eigenvalue weighted by atomic mass is 9.84. The molecule has 0 saturated carbocycles. The number of H-pyrrole nitrogens is 1. The van der Waals surface area contributed by atoms with Gasteiger partial charge in [-0.15, -0.1) is 0 Å². The van der Waals surface area contributed by atoms with Gasteiger partial charge in [-0.05, 0) is 69.9 Å². The largest absolute Gasteiger partial charge is 0.444 e. The van der Waals surface area contributed by atoms with E-state index in [-0.39, 0.29) is 29.6 Å². The number of nitrogens with one attached hydrogen (secondary N) is 2. The molecule has 2 aliphatic rings. The van der Waals surface area contributed by atoms with Gasteiger partial charge < -0.3 is 24.8 Å². The third kappa shape index (κ3) is 4.92. The number of rotatable bonds is 5. The summed E-state index contributed by atoms with van der Waals surface area (Å²) in [5.41, 5.74) is 0.602. The molecule has 2 N–H and O–H groups in total. The Bertz CT molecular complexity index is 1370. The number of likely N-dealkylation sites (tertiary alicyclic amines) is 1. The third-order valence-corrected chi connectivity index (χ3v) is 7.97. The van der Waals surface area contributed by atoms with E-state index >= 15 is 0 Å².